The van der Waals surface area contributed by atoms with Crippen LogP contribution in [0.4, 0.5) is 0 Å². The average Bonchev–Trinajstić information content (AvgIpc) is 2.33. The van der Waals surface area contributed by atoms with Crippen LogP contribution in [0.5, 0.6) is 11.6 Å². The second kappa shape index (κ2) is 5.09. The lowest BCUT2D eigenvalue weighted by atomic mass is 10.2. The van der Waals surface area contributed by atoms with Gasteiger partial charge in [-0.25, -0.2) is 4.98 Å². The molecule has 0 atom stereocenters. The zero-order valence-electron chi connectivity index (χ0n) is 8.43. The van der Waals surface area contributed by atoms with Crippen LogP contribution in [0.1, 0.15) is 5.56 Å². The maximum atomic E-state index is 8.89. The zero-order valence-corrected chi connectivity index (χ0v) is 10.0. The number of hydrogen-bond acceptors (Lipinski definition) is 3. The van der Waals surface area contributed by atoms with Gasteiger partial charge in [0.15, 0.2) is 0 Å². The van der Waals surface area contributed by atoms with E-state index < -0.39 is 0 Å². The Morgan fingerprint density at radius 1 is 1.12 bits per heavy atom. The van der Waals surface area contributed by atoms with Gasteiger partial charge in [0.05, 0.1) is 6.61 Å². The molecule has 2 aromatic rings. The molecule has 2 rings (SSSR count). The van der Waals surface area contributed by atoms with Gasteiger partial charge >= 0.3 is 0 Å². The number of aromatic nitrogens is 1. The van der Waals surface area contributed by atoms with Crippen LogP contribution < -0.4 is 4.74 Å². The van der Waals surface area contributed by atoms with Crippen LogP contribution in [-0.4, -0.2) is 10.1 Å². The monoisotopic (exact) mass is 279 g/mol. The van der Waals surface area contributed by atoms with E-state index in [-0.39, 0.29) is 6.61 Å². The third-order valence-corrected chi connectivity index (χ3v) is 2.50. The Labute approximate surface area is 102 Å². The van der Waals surface area contributed by atoms with Crippen molar-refractivity contribution in [2.24, 2.45) is 0 Å². The van der Waals surface area contributed by atoms with Gasteiger partial charge in [-0.2, -0.15) is 0 Å². The summed E-state index contributed by atoms with van der Waals surface area (Å²) in [6.45, 7) is 0.0385. The summed E-state index contributed by atoms with van der Waals surface area (Å²) in [7, 11) is 0. The predicted octanol–water partition coefficient (Wildman–Crippen LogP) is 3.13. The molecule has 0 bridgehead atoms. The van der Waals surface area contributed by atoms with Crippen molar-refractivity contribution in [2.75, 3.05) is 0 Å². The topological polar surface area (TPSA) is 42.4 Å². The number of hydrogen-bond donors (Lipinski definition) is 1. The maximum Gasteiger partial charge on any atom is 0.219 e. The Morgan fingerprint density at radius 3 is 2.44 bits per heavy atom. The third-order valence-electron chi connectivity index (χ3n) is 2.03. The summed E-state index contributed by atoms with van der Waals surface area (Å²) in [4.78, 5) is 4.10. The molecule has 4 heteroatoms. The van der Waals surface area contributed by atoms with Crippen LogP contribution in [-0.2, 0) is 6.61 Å². The van der Waals surface area contributed by atoms with E-state index in [1.165, 1.54) is 0 Å². The molecule has 3 nitrogen and oxygen atoms in total. The Balaban J connectivity index is 2.11. The maximum absolute atomic E-state index is 8.89. The summed E-state index contributed by atoms with van der Waals surface area (Å²) in [5.41, 5.74) is 0.858. The smallest absolute Gasteiger partial charge is 0.219 e. The molecular weight excluding hydrogens is 270 g/mol. The minimum atomic E-state index is 0.0385. The van der Waals surface area contributed by atoms with Crippen molar-refractivity contribution in [1.29, 1.82) is 0 Å². The fraction of sp³-hybridized carbons (Fsp3) is 0.0833. The van der Waals surface area contributed by atoms with E-state index in [9.17, 15) is 0 Å². The van der Waals surface area contributed by atoms with Crippen LogP contribution in [0.15, 0.2) is 47.1 Å². The van der Waals surface area contributed by atoms with Crippen molar-refractivity contribution < 1.29 is 9.84 Å². The first kappa shape index (κ1) is 11.1. The molecule has 82 valence electrons. The van der Waals surface area contributed by atoms with Crippen LogP contribution >= 0.6 is 15.9 Å². The molecule has 16 heavy (non-hydrogen) atoms. The number of pyridine rings is 1. The van der Waals surface area contributed by atoms with E-state index >= 15 is 0 Å². The van der Waals surface area contributed by atoms with Crippen molar-refractivity contribution in [2.45, 2.75) is 6.61 Å². The molecule has 0 saturated heterocycles. The second-order valence-corrected chi connectivity index (χ2v) is 4.13. The van der Waals surface area contributed by atoms with Gasteiger partial charge in [0.1, 0.15) is 5.75 Å². The summed E-state index contributed by atoms with van der Waals surface area (Å²) in [5, 5.41) is 8.89. The Hall–Kier alpha value is -1.39. The van der Waals surface area contributed by atoms with Crippen LogP contribution in [0.2, 0.25) is 0 Å². The number of rotatable bonds is 3. The SMILES string of the molecule is OCc1ccc(Oc2ccc(Br)cn2)cc1. The van der Waals surface area contributed by atoms with Crippen molar-refractivity contribution in [3.8, 4) is 11.6 Å². The Bertz CT molecular complexity index is 453. The van der Waals surface area contributed by atoms with Gasteiger partial charge in [-0.1, -0.05) is 12.1 Å². The second-order valence-electron chi connectivity index (χ2n) is 3.22. The van der Waals surface area contributed by atoms with Gasteiger partial charge in [-0.3, -0.25) is 0 Å². The zero-order chi connectivity index (χ0) is 11.4. The lowest BCUT2D eigenvalue weighted by molar-refractivity contribution is 0.281. The van der Waals surface area contributed by atoms with Crippen molar-refractivity contribution >= 4 is 15.9 Å². The van der Waals surface area contributed by atoms with Crippen molar-refractivity contribution in [3.05, 3.63) is 52.6 Å². The highest BCUT2D eigenvalue weighted by Crippen LogP contribution is 2.20. The number of aliphatic hydroxyl groups excluding tert-OH is 1. The number of nitrogens with zero attached hydrogens (tertiary/aromatic N) is 1. The van der Waals surface area contributed by atoms with E-state index in [0.29, 0.717) is 11.6 Å². The normalized spacial score (nSPS) is 10.1. The number of halogens is 1. The van der Waals surface area contributed by atoms with Crippen LogP contribution in [0.25, 0.3) is 0 Å². The summed E-state index contributed by atoms with van der Waals surface area (Å²) >= 11 is 3.30. The molecule has 1 N–H and O–H groups in total. The van der Waals surface area contributed by atoms with Gasteiger partial charge in [0.25, 0.3) is 0 Å². The van der Waals surface area contributed by atoms with Crippen LogP contribution in [0.3, 0.4) is 0 Å². The van der Waals surface area contributed by atoms with Gasteiger partial charge in [-0.05, 0) is 39.7 Å². The molecule has 1 aromatic carbocycles. The highest BCUT2D eigenvalue weighted by Gasteiger charge is 1.98. The standard InChI is InChI=1S/C12H10BrNO2/c13-10-3-6-12(14-7-10)16-11-4-1-9(8-15)2-5-11/h1-7,15H,8H2. The largest absolute Gasteiger partial charge is 0.439 e. The van der Waals surface area contributed by atoms with E-state index in [1.807, 2.05) is 18.2 Å². The molecule has 1 aromatic heterocycles. The Kier molecular flexibility index (Phi) is 3.54. The van der Waals surface area contributed by atoms with Gasteiger partial charge < -0.3 is 9.84 Å². The Morgan fingerprint density at radius 2 is 1.88 bits per heavy atom. The van der Waals surface area contributed by atoms with E-state index in [0.717, 1.165) is 10.0 Å². The number of ether oxygens (including phenoxy) is 1. The van der Waals surface area contributed by atoms with Gasteiger partial charge in [-0.15, -0.1) is 0 Å². The average molecular weight is 280 g/mol. The molecule has 0 unspecified atom stereocenters. The minimum absolute atomic E-state index is 0.0385. The molecule has 1 heterocycles. The number of aliphatic hydroxyl groups is 1. The van der Waals surface area contributed by atoms with Crippen molar-refractivity contribution in [3.63, 3.8) is 0 Å². The fourth-order valence-corrected chi connectivity index (χ4v) is 1.44. The van der Waals surface area contributed by atoms with E-state index in [1.54, 1.807) is 24.4 Å². The first-order chi connectivity index (χ1) is 7.78. The van der Waals surface area contributed by atoms with Gasteiger partial charge in [0.2, 0.25) is 5.88 Å². The van der Waals surface area contributed by atoms with Gasteiger partial charge in [0, 0.05) is 16.7 Å². The molecule has 0 spiro atoms. The number of benzene rings is 1. The first-order valence-electron chi connectivity index (χ1n) is 4.77. The highest BCUT2D eigenvalue weighted by molar-refractivity contribution is 9.10. The lowest BCUT2D eigenvalue weighted by Crippen LogP contribution is -1.88. The highest BCUT2D eigenvalue weighted by atomic mass is 79.9. The first-order valence-corrected chi connectivity index (χ1v) is 5.56. The molecule has 0 saturated carbocycles. The summed E-state index contributed by atoms with van der Waals surface area (Å²) in [5.74, 6) is 1.24. The summed E-state index contributed by atoms with van der Waals surface area (Å²) < 4.78 is 6.43. The molecule has 0 aliphatic carbocycles. The molecule has 0 aliphatic rings. The molecule has 0 radical (unpaired) electrons. The summed E-state index contributed by atoms with van der Waals surface area (Å²) in [6.07, 6.45) is 1.68. The minimum Gasteiger partial charge on any atom is -0.439 e. The van der Waals surface area contributed by atoms with Crippen molar-refractivity contribution in [1.82, 2.24) is 4.98 Å². The van der Waals surface area contributed by atoms with Crippen LogP contribution in [0, 0.1) is 0 Å². The molecule has 0 fully saturated rings. The molecular formula is C12H10BrNO2. The molecule has 0 aliphatic heterocycles. The third kappa shape index (κ3) is 2.81. The predicted molar refractivity (Wildman–Crippen MR) is 64.4 cm³/mol. The van der Waals surface area contributed by atoms with E-state index in [2.05, 4.69) is 20.9 Å². The molecule has 0 amide bonds. The quantitative estimate of drug-likeness (QED) is 0.939. The summed E-state index contributed by atoms with van der Waals surface area (Å²) in [6, 6.07) is 10.9. The van der Waals surface area contributed by atoms with E-state index in [4.69, 9.17) is 9.84 Å². The lowest BCUT2D eigenvalue weighted by Gasteiger charge is -2.04. The fourth-order valence-electron chi connectivity index (χ4n) is 1.21.